The van der Waals surface area contributed by atoms with E-state index in [1.54, 1.807) is 4.90 Å². The van der Waals surface area contributed by atoms with Crippen LogP contribution in [0.25, 0.3) is 0 Å². The third-order valence-corrected chi connectivity index (χ3v) is 7.24. The van der Waals surface area contributed by atoms with E-state index in [4.69, 9.17) is 5.26 Å². The first kappa shape index (κ1) is 21.9. The number of carbonyl (C=O) groups excluding carboxylic acids is 2. The minimum Gasteiger partial charge on any atom is -0.340 e. The van der Waals surface area contributed by atoms with Crippen molar-refractivity contribution in [3.8, 4) is 6.07 Å². The number of likely N-dealkylation sites (tertiary alicyclic amines) is 2. The van der Waals surface area contributed by atoms with Crippen molar-refractivity contribution in [2.24, 2.45) is 0 Å². The van der Waals surface area contributed by atoms with E-state index in [9.17, 15) is 9.59 Å². The highest BCUT2D eigenvalue weighted by Gasteiger charge is 2.47. The average molecular weight is 450 g/mol. The number of benzene rings is 3. The maximum Gasteiger partial charge on any atom is 0.242 e. The molecule has 0 bridgehead atoms. The molecular formula is C29H27N3O2. The Hall–Kier alpha value is -3.91. The van der Waals surface area contributed by atoms with Crippen molar-refractivity contribution in [2.75, 3.05) is 26.2 Å². The fraction of sp³-hybridized carbons (Fsp3) is 0.276. The minimum atomic E-state index is -0.763. The first-order chi connectivity index (χ1) is 16.6. The van der Waals surface area contributed by atoms with E-state index in [2.05, 4.69) is 6.07 Å². The second-order valence-corrected chi connectivity index (χ2v) is 9.20. The highest BCUT2D eigenvalue weighted by atomic mass is 16.2. The van der Waals surface area contributed by atoms with Crippen LogP contribution in [-0.2, 0) is 15.0 Å². The molecule has 0 N–H and O–H groups in total. The van der Waals surface area contributed by atoms with E-state index < -0.39 is 5.41 Å². The normalized spacial score (nSPS) is 17.7. The summed E-state index contributed by atoms with van der Waals surface area (Å²) in [4.78, 5) is 30.7. The van der Waals surface area contributed by atoms with Gasteiger partial charge in [-0.1, -0.05) is 72.8 Å². The monoisotopic (exact) mass is 449 g/mol. The summed E-state index contributed by atoms with van der Waals surface area (Å²) in [6.45, 7) is 2.00. The third-order valence-electron chi connectivity index (χ3n) is 7.24. The first-order valence-corrected chi connectivity index (χ1v) is 11.8. The second-order valence-electron chi connectivity index (χ2n) is 9.20. The minimum absolute atomic E-state index is 0.00447. The van der Waals surface area contributed by atoms with Crippen molar-refractivity contribution in [2.45, 2.75) is 24.2 Å². The molecule has 0 saturated carbocycles. The highest BCUT2D eigenvalue weighted by Crippen LogP contribution is 2.41. The van der Waals surface area contributed by atoms with Crippen LogP contribution in [0.4, 0.5) is 0 Å². The van der Waals surface area contributed by atoms with E-state index in [0.717, 1.165) is 29.5 Å². The summed E-state index contributed by atoms with van der Waals surface area (Å²) < 4.78 is 0. The molecule has 0 aliphatic carbocycles. The van der Waals surface area contributed by atoms with Crippen molar-refractivity contribution in [1.29, 1.82) is 5.26 Å². The van der Waals surface area contributed by atoms with Gasteiger partial charge in [-0.3, -0.25) is 9.59 Å². The van der Waals surface area contributed by atoms with Crippen LogP contribution in [0.15, 0.2) is 84.9 Å². The molecule has 2 amide bonds. The topological polar surface area (TPSA) is 64.4 Å². The van der Waals surface area contributed by atoms with E-state index in [0.29, 0.717) is 25.2 Å². The first-order valence-electron chi connectivity index (χ1n) is 11.8. The lowest BCUT2D eigenvalue weighted by atomic mass is 9.68. The van der Waals surface area contributed by atoms with Crippen molar-refractivity contribution in [3.63, 3.8) is 0 Å². The average Bonchev–Trinajstić information content (AvgIpc) is 2.86. The smallest absolute Gasteiger partial charge is 0.242 e. The summed E-state index contributed by atoms with van der Waals surface area (Å²) in [5.41, 5.74) is 2.98. The van der Waals surface area contributed by atoms with Crippen molar-refractivity contribution in [1.82, 2.24) is 9.80 Å². The second kappa shape index (κ2) is 9.15. The molecule has 0 spiro atoms. The number of nitrogens with zero attached hydrogens (tertiary/aromatic N) is 3. The molecule has 2 saturated heterocycles. The molecule has 34 heavy (non-hydrogen) atoms. The Morgan fingerprint density at radius 2 is 1.50 bits per heavy atom. The van der Waals surface area contributed by atoms with E-state index in [1.807, 2.05) is 89.8 Å². The van der Waals surface area contributed by atoms with Crippen LogP contribution in [0.3, 0.4) is 0 Å². The summed E-state index contributed by atoms with van der Waals surface area (Å²) in [6.07, 6.45) is 1.58. The number of hydrogen-bond acceptors (Lipinski definition) is 3. The van der Waals surface area contributed by atoms with Gasteiger partial charge in [-0.25, -0.2) is 0 Å². The number of hydrogen-bond donors (Lipinski definition) is 0. The zero-order valence-electron chi connectivity index (χ0n) is 19.1. The molecule has 3 aromatic carbocycles. The molecule has 2 heterocycles. The maximum atomic E-state index is 14.0. The molecule has 2 aliphatic rings. The van der Waals surface area contributed by atoms with Crippen LogP contribution in [0, 0.1) is 11.3 Å². The summed E-state index contributed by atoms with van der Waals surface area (Å²) in [6, 6.07) is 29.6. The van der Waals surface area contributed by atoms with Crippen LogP contribution < -0.4 is 0 Å². The predicted octanol–water partition coefficient (Wildman–Crippen LogP) is 4.09. The van der Waals surface area contributed by atoms with Crippen molar-refractivity contribution in [3.05, 3.63) is 107 Å². The van der Waals surface area contributed by atoms with Gasteiger partial charge in [-0.15, -0.1) is 0 Å². The summed E-state index contributed by atoms with van der Waals surface area (Å²) in [7, 11) is 0. The Labute approximate surface area is 200 Å². The van der Waals surface area contributed by atoms with Crippen molar-refractivity contribution < 1.29 is 9.59 Å². The summed E-state index contributed by atoms with van der Waals surface area (Å²) in [5, 5.41) is 8.98. The van der Waals surface area contributed by atoms with Gasteiger partial charge >= 0.3 is 0 Å². The molecule has 5 rings (SSSR count). The largest absolute Gasteiger partial charge is 0.340 e. The van der Waals surface area contributed by atoms with Gasteiger partial charge in [0.25, 0.3) is 0 Å². The molecule has 5 heteroatoms. The van der Waals surface area contributed by atoms with Crippen LogP contribution in [0.1, 0.15) is 41.0 Å². The van der Waals surface area contributed by atoms with Gasteiger partial charge < -0.3 is 9.80 Å². The van der Waals surface area contributed by atoms with Gasteiger partial charge in [0.05, 0.1) is 23.6 Å². The molecule has 0 radical (unpaired) electrons. The molecule has 2 fully saturated rings. The number of piperidine rings is 1. The standard InChI is InChI=1S/C29H27N3O2/c30-18-22-12-14-23(15-13-22)24-19-32(20-24)27(33)21-31-17-7-16-29(28(31)34,25-8-3-1-4-9-25)26-10-5-2-6-11-26/h1-6,8-15,24H,7,16-17,19-21H2. The molecular weight excluding hydrogens is 422 g/mol. The Bertz CT molecular complexity index is 1170. The molecule has 0 unspecified atom stereocenters. The number of amides is 2. The molecule has 0 aromatic heterocycles. The molecule has 3 aromatic rings. The molecule has 0 atom stereocenters. The zero-order chi connectivity index (χ0) is 23.5. The maximum absolute atomic E-state index is 14.0. The molecule has 170 valence electrons. The summed E-state index contributed by atoms with van der Waals surface area (Å²) >= 11 is 0. The lowest BCUT2D eigenvalue weighted by molar-refractivity contribution is -0.147. The SMILES string of the molecule is N#Cc1ccc(C2CN(C(=O)CN3CCCC(c4ccccc4)(c4ccccc4)C3=O)C2)cc1. The number of carbonyl (C=O) groups is 2. The van der Waals surface area contributed by atoms with E-state index in [1.165, 1.54) is 0 Å². The fourth-order valence-electron chi connectivity index (χ4n) is 5.30. The third kappa shape index (κ3) is 3.86. The predicted molar refractivity (Wildman–Crippen MR) is 130 cm³/mol. The van der Waals surface area contributed by atoms with Crippen molar-refractivity contribution >= 4 is 11.8 Å². The van der Waals surface area contributed by atoms with Gasteiger partial charge in [-0.2, -0.15) is 5.26 Å². The van der Waals surface area contributed by atoms with Crippen LogP contribution >= 0.6 is 0 Å². The van der Waals surface area contributed by atoms with Gasteiger partial charge in [0.2, 0.25) is 11.8 Å². The van der Waals surface area contributed by atoms with Gasteiger partial charge in [0.1, 0.15) is 0 Å². The Kier molecular flexibility index (Phi) is 5.90. The number of nitriles is 1. The van der Waals surface area contributed by atoms with Crippen LogP contribution in [0.5, 0.6) is 0 Å². The van der Waals surface area contributed by atoms with Crippen LogP contribution in [-0.4, -0.2) is 47.8 Å². The lowest BCUT2D eigenvalue weighted by Crippen LogP contribution is -2.57. The number of rotatable bonds is 5. The lowest BCUT2D eigenvalue weighted by Gasteiger charge is -2.44. The zero-order valence-corrected chi connectivity index (χ0v) is 19.1. The fourth-order valence-corrected chi connectivity index (χ4v) is 5.30. The highest BCUT2D eigenvalue weighted by molar-refractivity contribution is 5.95. The quantitative estimate of drug-likeness (QED) is 0.589. The summed E-state index contributed by atoms with van der Waals surface area (Å²) in [5.74, 6) is 0.283. The Balaban J connectivity index is 1.31. The Morgan fingerprint density at radius 1 is 0.912 bits per heavy atom. The van der Waals surface area contributed by atoms with Gasteiger partial charge in [-0.05, 0) is 41.7 Å². The Morgan fingerprint density at radius 3 is 2.06 bits per heavy atom. The van der Waals surface area contributed by atoms with Gasteiger partial charge in [0.15, 0.2) is 0 Å². The van der Waals surface area contributed by atoms with Crippen LogP contribution in [0.2, 0.25) is 0 Å². The molecule has 2 aliphatic heterocycles. The van der Waals surface area contributed by atoms with E-state index in [-0.39, 0.29) is 24.3 Å². The van der Waals surface area contributed by atoms with Gasteiger partial charge in [0, 0.05) is 25.6 Å². The molecule has 5 nitrogen and oxygen atoms in total. The van der Waals surface area contributed by atoms with E-state index >= 15 is 0 Å².